The fourth-order valence-corrected chi connectivity index (χ4v) is 7.24. The average Bonchev–Trinajstić information content (AvgIpc) is 2.56. The molecule has 0 aliphatic heterocycles. The Hall–Kier alpha value is -1.86. The Morgan fingerprint density at radius 1 is 0.800 bits per heavy atom. The van der Waals surface area contributed by atoms with Crippen molar-refractivity contribution < 1.29 is 0 Å². The van der Waals surface area contributed by atoms with Gasteiger partial charge in [0, 0.05) is 0 Å². The Labute approximate surface area is 122 Å². The third-order valence-corrected chi connectivity index (χ3v) is 9.45. The Morgan fingerprint density at radius 2 is 1.35 bits per heavy atom. The van der Waals surface area contributed by atoms with Crippen molar-refractivity contribution in [3.8, 4) is 0 Å². The van der Waals surface area contributed by atoms with E-state index in [2.05, 4.69) is 91.5 Å². The molecule has 2 aromatic rings. The van der Waals surface area contributed by atoms with Crippen LogP contribution in [0.5, 0.6) is 0 Å². The smallest absolute Gasteiger partial charge is 0.0842 e. The molecule has 1 aliphatic rings. The van der Waals surface area contributed by atoms with Crippen LogP contribution in [-0.2, 0) is 0 Å². The van der Waals surface area contributed by atoms with Crippen LogP contribution in [0.4, 0.5) is 0 Å². The summed E-state index contributed by atoms with van der Waals surface area (Å²) in [5, 5.41) is 3.05. The molecule has 0 radical (unpaired) electrons. The van der Waals surface area contributed by atoms with E-state index in [1.165, 1.54) is 10.4 Å². The number of benzene rings is 2. The van der Waals surface area contributed by atoms with E-state index in [1.54, 1.807) is 0 Å². The lowest BCUT2D eigenvalue weighted by molar-refractivity contribution is 0.992. The maximum absolute atomic E-state index is 2.51. The first-order chi connectivity index (χ1) is 9.82. The minimum atomic E-state index is -1.74. The molecule has 2 aromatic carbocycles. The maximum Gasteiger partial charge on any atom is 0.122 e. The second kappa shape index (κ2) is 5.64. The van der Waals surface area contributed by atoms with Gasteiger partial charge in [-0.05, 0) is 12.0 Å². The van der Waals surface area contributed by atoms with Gasteiger partial charge in [0.05, 0.1) is 0 Å². The van der Waals surface area contributed by atoms with Crippen LogP contribution in [0.15, 0.2) is 85.0 Å². The minimum absolute atomic E-state index is 0.636. The molecule has 1 atom stereocenters. The molecular formula is C19H20Si. The first-order valence-electron chi connectivity index (χ1n) is 7.26. The molecule has 0 saturated heterocycles. The van der Waals surface area contributed by atoms with E-state index >= 15 is 0 Å². The Kier molecular flexibility index (Phi) is 3.70. The number of hydrogen-bond acceptors (Lipinski definition) is 0. The van der Waals surface area contributed by atoms with Crippen LogP contribution in [0.25, 0.3) is 0 Å². The zero-order chi connectivity index (χ0) is 13.8. The molecule has 100 valence electrons. The quantitative estimate of drug-likeness (QED) is 0.749. The van der Waals surface area contributed by atoms with Crippen LogP contribution in [0.3, 0.4) is 0 Å². The summed E-state index contributed by atoms with van der Waals surface area (Å²) in [5.41, 5.74) is 0.636. The van der Waals surface area contributed by atoms with Gasteiger partial charge in [0.15, 0.2) is 0 Å². The van der Waals surface area contributed by atoms with Crippen molar-refractivity contribution in [1.82, 2.24) is 0 Å². The summed E-state index contributed by atoms with van der Waals surface area (Å²) >= 11 is 0. The third kappa shape index (κ3) is 2.30. The van der Waals surface area contributed by atoms with Crippen LogP contribution in [0.1, 0.15) is 6.42 Å². The lowest BCUT2D eigenvalue weighted by atomic mass is 10.2. The molecule has 0 heterocycles. The van der Waals surface area contributed by atoms with Gasteiger partial charge in [-0.15, -0.1) is 0 Å². The Balaban J connectivity index is 2.13. The lowest BCUT2D eigenvalue weighted by Gasteiger charge is -2.35. The van der Waals surface area contributed by atoms with Gasteiger partial charge in [-0.2, -0.15) is 0 Å². The summed E-state index contributed by atoms with van der Waals surface area (Å²) in [6.07, 6.45) is 10.3. The second-order valence-electron chi connectivity index (χ2n) is 5.59. The SMILES string of the molecule is C[Si](c1ccccc1)(c1ccccc1)C1C=CC=CC1. The zero-order valence-electron chi connectivity index (χ0n) is 11.9. The summed E-state index contributed by atoms with van der Waals surface area (Å²) in [4.78, 5) is 0. The highest BCUT2D eigenvalue weighted by Gasteiger charge is 2.38. The van der Waals surface area contributed by atoms with E-state index in [0.717, 1.165) is 6.42 Å². The van der Waals surface area contributed by atoms with Crippen molar-refractivity contribution >= 4 is 18.4 Å². The molecule has 0 N–H and O–H groups in total. The van der Waals surface area contributed by atoms with Crippen LogP contribution in [-0.4, -0.2) is 8.07 Å². The van der Waals surface area contributed by atoms with Crippen LogP contribution < -0.4 is 10.4 Å². The molecule has 0 amide bonds. The molecule has 0 bridgehead atoms. The Bertz CT molecular complexity index is 571. The topological polar surface area (TPSA) is 0 Å². The van der Waals surface area contributed by atoms with Gasteiger partial charge in [-0.1, -0.05) is 102 Å². The van der Waals surface area contributed by atoms with E-state index in [-0.39, 0.29) is 0 Å². The fraction of sp³-hybridized carbons (Fsp3) is 0.158. The van der Waals surface area contributed by atoms with E-state index in [4.69, 9.17) is 0 Å². The van der Waals surface area contributed by atoms with Gasteiger partial charge in [0.1, 0.15) is 8.07 Å². The molecule has 20 heavy (non-hydrogen) atoms. The predicted octanol–water partition coefficient (Wildman–Crippen LogP) is 3.77. The molecule has 0 saturated carbocycles. The zero-order valence-corrected chi connectivity index (χ0v) is 12.9. The summed E-state index contributed by atoms with van der Waals surface area (Å²) in [5.74, 6) is 0. The maximum atomic E-state index is 2.51. The van der Waals surface area contributed by atoms with Crippen molar-refractivity contribution in [3.05, 3.63) is 85.0 Å². The molecule has 0 fully saturated rings. The number of allylic oxidation sites excluding steroid dienone is 4. The molecule has 1 heteroatoms. The van der Waals surface area contributed by atoms with Crippen LogP contribution in [0, 0.1) is 0 Å². The summed E-state index contributed by atoms with van der Waals surface area (Å²) < 4.78 is 0. The Morgan fingerprint density at radius 3 is 1.80 bits per heavy atom. The van der Waals surface area contributed by atoms with Crippen LogP contribution >= 0.6 is 0 Å². The predicted molar refractivity (Wildman–Crippen MR) is 90.4 cm³/mol. The summed E-state index contributed by atoms with van der Waals surface area (Å²) in [7, 11) is -1.74. The summed E-state index contributed by atoms with van der Waals surface area (Å²) in [6, 6.07) is 22.2. The minimum Gasteiger partial charge on any atom is -0.0842 e. The standard InChI is InChI=1S/C19H20Si/c1-20(17-11-5-2-6-12-17,18-13-7-3-8-14-18)19-15-9-4-10-16-19/h2-15,19H,16H2,1H3. The van der Waals surface area contributed by atoms with Crippen molar-refractivity contribution in [2.75, 3.05) is 0 Å². The van der Waals surface area contributed by atoms with Gasteiger partial charge in [0.2, 0.25) is 0 Å². The first-order valence-corrected chi connectivity index (χ1v) is 9.84. The highest BCUT2D eigenvalue weighted by Crippen LogP contribution is 2.29. The third-order valence-electron chi connectivity index (χ3n) is 4.47. The molecule has 0 nitrogen and oxygen atoms in total. The largest absolute Gasteiger partial charge is 0.122 e. The average molecular weight is 276 g/mol. The van der Waals surface area contributed by atoms with E-state index in [9.17, 15) is 0 Å². The van der Waals surface area contributed by atoms with Crippen molar-refractivity contribution in [2.45, 2.75) is 18.5 Å². The molecule has 1 unspecified atom stereocenters. The highest BCUT2D eigenvalue weighted by molar-refractivity contribution is 7.02. The van der Waals surface area contributed by atoms with Gasteiger partial charge in [0.25, 0.3) is 0 Å². The second-order valence-corrected chi connectivity index (χ2v) is 9.89. The van der Waals surface area contributed by atoms with Gasteiger partial charge < -0.3 is 0 Å². The lowest BCUT2D eigenvalue weighted by Crippen LogP contribution is -2.58. The van der Waals surface area contributed by atoms with Gasteiger partial charge >= 0.3 is 0 Å². The molecular weight excluding hydrogens is 256 g/mol. The van der Waals surface area contributed by atoms with Crippen LogP contribution in [0.2, 0.25) is 12.1 Å². The molecule has 0 spiro atoms. The fourth-order valence-electron chi connectivity index (χ4n) is 3.17. The first kappa shape index (κ1) is 13.1. The number of rotatable bonds is 3. The molecule has 1 aliphatic carbocycles. The van der Waals surface area contributed by atoms with E-state index < -0.39 is 8.07 Å². The van der Waals surface area contributed by atoms with Crippen molar-refractivity contribution in [3.63, 3.8) is 0 Å². The highest BCUT2D eigenvalue weighted by atomic mass is 28.3. The summed E-state index contributed by atoms with van der Waals surface area (Å²) in [6.45, 7) is 2.51. The monoisotopic (exact) mass is 276 g/mol. The van der Waals surface area contributed by atoms with Crippen molar-refractivity contribution in [2.24, 2.45) is 0 Å². The molecule has 3 rings (SSSR count). The van der Waals surface area contributed by atoms with Gasteiger partial charge in [-0.25, -0.2) is 0 Å². The number of hydrogen-bond donors (Lipinski definition) is 0. The van der Waals surface area contributed by atoms with Crippen molar-refractivity contribution in [1.29, 1.82) is 0 Å². The normalized spacial score (nSPS) is 18.1. The van der Waals surface area contributed by atoms with E-state index in [1.807, 2.05) is 0 Å². The molecule has 0 aromatic heterocycles. The van der Waals surface area contributed by atoms with Gasteiger partial charge in [-0.3, -0.25) is 0 Å². The van der Waals surface area contributed by atoms with E-state index in [0.29, 0.717) is 5.54 Å².